The first-order chi connectivity index (χ1) is 16.6. The summed E-state index contributed by atoms with van der Waals surface area (Å²) in [6, 6.07) is 19.1. The molecule has 0 radical (unpaired) electrons. The maximum atomic E-state index is 13.6. The monoisotopic (exact) mass is 451 g/mol. The summed E-state index contributed by atoms with van der Waals surface area (Å²) in [6.45, 7) is 1.47. The molecule has 2 N–H and O–H groups in total. The number of hydrogen-bond acceptors (Lipinski definition) is 4. The minimum Gasteiger partial charge on any atom is -0.326 e. The zero-order valence-corrected chi connectivity index (χ0v) is 18.9. The molecule has 0 bridgehead atoms. The predicted molar refractivity (Wildman–Crippen MR) is 132 cm³/mol. The van der Waals surface area contributed by atoms with E-state index in [1.54, 1.807) is 24.3 Å². The number of aromatic nitrogens is 3. The number of benzene rings is 2. The third kappa shape index (κ3) is 3.94. The van der Waals surface area contributed by atoms with Crippen molar-refractivity contribution in [1.29, 1.82) is 0 Å². The highest BCUT2D eigenvalue weighted by Gasteiger charge is 2.34. The lowest BCUT2D eigenvalue weighted by atomic mass is 10.0. The van der Waals surface area contributed by atoms with Gasteiger partial charge in [0.2, 0.25) is 5.91 Å². The Kier molecular flexibility index (Phi) is 4.90. The molecule has 2 aromatic heterocycles. The van der Waals surface area contributed by atoms with Gasteiger partial charge in [0.25, 0.3) is 5.91 Å². The van der Waals surface area contributed by atoms with Crippen molar-refractivity contribution in [3.05, 3.63) is 77.6 Å². The van der Waals surface area contributed by atoms with Crippen LogP contribution in [0.2, 0.25) is 0 Å². The van der Waals surface area contributed by atoms with Crippen LogP contribution in [0.5, 0.6) is 0 Å². The third-order valence-corrected chi connectivity index (χ3v) is 6.35. The van der Waals surface area contributed by atoms with Gasteiger partial charge in [-0.25, -0.2) is 9.67 Å². The molecule has 2 saturated carbocycles. The van der Waals surface area contributed by atoms with Crippen molar-refractivity contribution in [1.82, 2.24) is 14.8 Å². The Bertz CT molecular complexity index is 1400. The van der Waals surface area contributed by atoms with Crippen LogP contribution in [0.3, 0.4) is 0 Å². The smallest absolute Gasteiger partial charge is 0.256 e. The summed E-state index contributed by atoms with van der Waals surface area (Å²) in [5, 5.41) is 11.6. The Balaban J connectivity index is 1.44. The van der Waals surface area contributed by atoms with Crippen LogP contribution in [0.4, 0.5) is 11.4 Å². The first-order valence-corrected chi connectivity index (χ1v) is 11.7. The van der Waals surface area contributed by atoms with Crippen molar-refractivity contribution in [2.75, 3.05) is 10.6 Å². The van der Waals surface area contributed by atoms with E-state index in [1.165, 1.54) is 6.92 Å². The fourth-order valence-corrected chi connectivity index (χ4v) is 4.36. The molecule has 2 fully saturated rings. The number of carbonyl (C=O) groups is 2. The van der Waals surface area contributed by atoms with Gasteiger partial charge >= 0.3 is 0 Å². The van der Waals surface area contributed by atoms with Crippen molar-refractivity contribution in [3.8, 4) is 5.69 Å². The average molecular weight is 452 g/mol. The van der Waals surface area contributed by atoms with Crippen LogP contribution >= 0.6 is 0 Å². The Labute approximate surface area is 197 Å². The van der Waals surface area contributed by atoms with Crippen molar-refractivity contribution < 1.29 is 9.59 Å². The molecule has 2 aliphatic carbocycles. The Morgan fingerprint density at radius 2 is 1.53 bits per heavy atom. The van der Waals surface area contributed by atoms with Gasteiger partial charge in [-0.3, -0.25) is 9.59 Å². The van der Waals surface area contributed by atoms with Crippen molar-refractivity contribution in [2.45, 2.75) is 44.4 Å². The number of fused-ring (bicyclic) bond motifs is 1. The maximum absolute atomic E-state index is 13.6. The van der Waals surface area contributed by atoms with Crippen molar-refractivity contribution in [2.24, 2.45) is 0 Å². The number of rotatable bonds is 6. The molecule has 2 aromatic carbocycles. The van der Waals surface area contributed by atoms with Crippen LogP contribution in [0.25, 0.3) is 16.7 Å². The van der Waals surface area contributed by atoms with Crippen molar-refractivity contribution in [3.63, 3.8) is 0 Å². The molecule has 2 aliphatic rings. The largest absolute Gasteiger partial charge is 0.326 e. The number of nitrogens with zero attached hydrogens (tertiary/aromatic N) is 3. The van der Waals surface area contributed by atoms with E-state index in [-0.39, 0.29) is 11.8 Å². The van der Waals surface area contributed by atoms with Gasteiger partial charge in [-0.2, -0.15) is 5.10 Å². The third-order valence-electron chi connectivity index (χ3n) is 6.35. The van der Waals surface area contributed by atoms with Crippen LogP contribution in [0.1, 0.15) is 66.2 Å². The van der Waals surface area contributed by atoms with E-state index in [4.69, 9.17) is 10.1 Å². The Morgan fingerprint density at radius 3 is 2.15 bits per heavy atom. The Hall–Kier alpha value is -4.00. The van der Waals surface area contributed by atoms with Gasteiger partial charge in [0.15, 0.2) is 5.65 Å². The molecule has 2 amide bonds. The highest BCUT2D eigenvalue weighted by Crippen LogP contribution is 2.45. The maximum Gasteiger partial charge on any atom is 0.256 e. The minimum atomic E-state index is -0.170. The molecular formula is C27H25N5O2. The standard InChI is InChI=1S/C27H25N5O2/c1-16(33)28-19-11-13-20(14-12-19)29-27(34)22-15-23(17-7-8-17)30-26-24(22)25(18-9-10-18)31-32(26)21-5-3-2-4-6-21/h2-6,11-15,17-18H,7-10H2,1H3,(H,28,33)(H,29,34). The van der Waals surface area contributed by atoms with E-state index in [2.05, 4.69) is 10.6 Å². The number of nitrogens with one attached hydrogen (secondary N) is 2. The number of amides is 2. The van der Waals surface area contributed by atoms with Gasteiger partial charge in [-0.1, -0.05) is 18.2 Å². The van der Waals surface area contributed by atoms with E-state index >= 15 is 0 Å². The van der Waals surface area contributed by atoms with Crippen LogP contribution in [0, 0.1) is 0 Å². The number of anilines is 2. The first-order valence-electron chi connectivity index (χ1n) is 11.7. The first kappa shape index (κ1) is 20.6. The lowest BCUT2D eigenvalue weighted by Crippen LogP contribution is -2.14. The lowest BCUT2D eigenvalue weighted by Gasteiger charge is -2.11. The van der Waals surface area contributed by atoms with Crippen LogP contribution in [-0.4, -0.2) is 26.6 Å². The van der Waals surface area contributed by atoms with Gasteiger partial charge in [0.1, 0.15) is 0 Å². The topological polar surface area (TPSA) is 88.9 Å². The summed E-state index contributed by atoms with van der Waals surface area (Å²) < 4.78 is 1.90. The molecule has 6 rings (SSSR count). The summed E-state index contributed by atoms with van der Waals surface area (Å²) in [5.41, 5.74) is 5.59. The lowest BCUT2D eigenvalue weighted by molar-refractivity contribution is -0.114. The Morgan fingerprint density at radius 1 is 0.882 bits per heavy atom. The molecule has 7 nitrogen and oxygen atoms in total. The van der Waals surface area contributed by atoms with E-state index in [1.807, 2.05) is 41.1 Å². The summed E-state index contributed by atoms with van der Waals surface area (Å²) in [6.07, 6.45) is 4.35. The number of carbonyl (C=O) groups excluding carboxylic acids is 2. The minimum absolute atomic E-state index is 0.133. The zero-order valence-electron chi connectivity index (χ0n) is 18.9. The highest BCUT2D eigenvalue weighted by atomic mass is 16.2. The molecule has 0 unspecified atom stereocenters. The summed E-state index contributed by atoms with van der Waals surface area (Å²) in [5.74, 6) is 0.462. The summed E-state index contributed by atoms with van der Waals surface area (Å²) >= 11 is 0. The molecule has 2 heterocycles. The molecule has 0 spiro atoms. The van der Waals surface area contributed by atoms with Gasteiger partial charge in [0.05, 0.1) is 22.3 Å². The van der Waals surface area contributed by atoms with Crippen LogP contribution < -0.4 is 10.6 Å². The summed E-state index contributed by atoms with van der Waals surface area (Å²) in [4.78, 5) is 29.9. The van der Waals surface area contributed by atoms with Gasteiger partial charge in [-0.05, 0) is 68.1 Å². The molecule has 0 saturated heterocycles. The fraction of sp³-hybridized carbons (Fsp3) is 0.259. The number of pyridine rings is 1. The number of para-hydroxylation sites is 1. The molecule has 0 atom stereocenters. The molecule has 7 heteroatoms. The van der Waals surface area contributed by atoms with Crippen LogP contribution in [0.15, 0.2) is 60.7 Å². The van der Waals surface area contributed by atoms with E-state index in [0.717, 1.165) is 53.8 Å². The normalized spacial score (nSPS) is 15.3. The SMILES string of the molecule is CC(=O)Nc1ccc(NC(=O)c2cc(C3CC3)nc3c2c(C2CC2)nn3-c2ccccc2)cc1. The fourth-order valence-electron chi connectivity index (χ4n) is 4.36. The van der Waals surface area contributed by atoms with E-state index < -0.39 is 0 Å². The highest BCUT2D eigenvalue weighted by molar-refractivity contribution is 6.13. The quantitative estimate of drug-likeness (QED) is 0.412. The second-order valence-corrected chi connectivity index (χ2v) is 9.19. The molecule has 4 aromatic rings. The predicted octanol–water partition coefficient (Wildman–Crippen LogP) is 5.39. The van der Waals surface area contributed by atoms with Crippen molar-refractivity contribution >= 4 is 34.2 Å². The zero-order chi connectivity index (χ0) is 23.2. The van der Waals surface area contributed by atoms with E-state index in [0.29, 0.717) is 28.8 Å². The second-order valence-electron chi connectivity index (χ2n) is 9.19. The second kappa shape index (κ2) is 8.09. The van der Waals surface area contributed by atoms with Gasteiger partial charge in [-0.15, -0.1) is 0 Å². The van der Waals surface area contributed by atoms with Gasteiger partial charge in [0, 0.05) is 35.8 Å². The van der Waals surface area contributed by atoms with Crippen LogP contribution in [-0.2, 0) is 4.79 Å². The molecule has 170 valence electrons. The summed E-state index contributed by atoms with van der Waals surface area (Å²) in [7, 11) is 0. The number of hydrogen-bond donors (Lipinski definition) is 2. The average Bonchev–Trinajstić information content (AvgIpc) is 3.77. The van der Waals surface area contributed by atoms with Gasteiger partial charge < -0.3 is 10.6 Å². The molecule has 34 heavy (non-hydrogen) atoms. The molecule has 0 aliphatic heterocycles. The molecular weight excluding hydrogens is 426 g/mol. The van der Waals surface area contributed by atoms with E-state index in [9.17, 15) is 9.59 Å².